The van der Waals surface area contributed by atoms with Gasteiger partial charge in [0, 0.05) is 18.3 Å². The number of hydrogen-bond donors (Lipinski definition) is 1. The van der Waals surface area contributed by atoms with E-state index in [1.807, 2.05) is 13.8 Å². The fraction of sp³-hybridized carbons (Fsp3) is 0.227. The van der Waals surface area contributed by atoms with Crippen LogP contribution in [-0.4, -0.2) is 19.3 Å². The second-order valence-electron chi connectivity index (χ2n) is 7.51. The van der Waals surface area contributed by atoms with Crippen LogP contribution in [0.2, 0.25) is 0 Å². The molecule has 4 aromatic rings. The van der Waals surface area contributed by atoms with Crippen LogP contribution in [0.25, 0.3) is 16.7 Å². The lowest BCUT2D eigenvalue weighted by molar-refractivity contribution is -0.137. The predicted octanol–water partition coefficient (Wildman–Crippen LogP) is 3.65. The summed E-state index contributed by atoms with van der Waals surface area (Å²) in [6, 6.07) is 10.7. The summed E-state index contributed by atoms with van der Waals surface area (Å²) in [4.78, 5) is 36.6. The molecule has 2 aromatic heterocycles. The first kappa shape index (κ1) is 21.4. The number of fused-ring (bicyclic) bond motifs is 1. The molecule has 0 radical (unpaired) electrons. The second kappa shape index (κ2) is 8.03. The zero-order valence-electron chi connectivity index (χ0n) is 17.2. The third-order valence-corrected chi connectivity index (χ3v) is 4.91. The Hall–Kier alpha value is -3.82. The highest BCUT2D eigenvalue weighted by Crippen LogP contribution is 2.36. The van der Waals surface area contributed by atoms with E-state index >= 15 is 0 Å². The fourth-order valence-corrected chi connectivity index (χ4v) is 3.44. The van der Waals surface area contributed by atoms with E-state index in [0.29, 0.717) is 16.1 Å². The molecule has 0 saturated heterocycles. The van der Waals surface area contributed by atoms with Crippen LogP contribution in [0.5, 0.6) is 0 Å². The number of H-pyrrole nitrogens is 1. The smallest absolute Gasteiger partial charge is 0.405 e. The molecule has 1 N–H and O–H groups in total. The van der Waals surface area contributed by atoms with Gasteiger partial charge >= 0.3 is 17.3 Å². The van der Waals surface area contributed by atoms with Crippen LogP contribution in [0, 0.1) is 0 Å². The van der Waals surface area contributed by atoms with Gasteiger partial charge in [-0.3, -0.25) is 9.59 Å². The Bertz CT molecular complexity index is 1390. The molecule has 0 aliphatic rings. The summed E-state index contributed by atoms with van der Waals surface area (Å²) in [5.74, 6) is 0.273. The van der Waals surface area contributed by atoms with Gasteiger partial charge in [-0.25, -0.2) is 4.98 Å². The molecule has 32 heavy (non-hydrogen) atoms. The van der Waals surface area contributed by atoms with E-state index in [-0.39, 0.29) is 29.2 Å². The molecular weight excluding hydrogens is 425 g/mol. The first-order valence-electron chi connectivity index (χ1n) is 9.78. The maximum Gasteiger partial charge on any atom is 0.418 e. The van der Waals surface area contributed by atoms with Crippen LogP contribution < -0.4 is 16.0 Å². The van der Waals surface area contributed by atoms with E-state index in [4.69, 9.17) is 4.84 Å². The van der Waals surface area contributed by atoms with E-state index in [9.17, 15) is 22.8 Å². The number of benzene rings is 2. The molecule has 2 aromatic carbocycles. The molecule has 10 heteroatoms. The Morgan fingerprint density at radius 1 is 1.12 bits per heavy atom. The van der Waals surface area contributed by atoms with Crippen molar-refractivity contribution in [1.82, 2.24) is 19.3 Å². The van der Waals surface area contributed by atoms with E-state index in [1.165, 1.54) is 23.0 Å². The maximum absolute atomic E-state index is 14.0. The Labute approximate surface area is 179 Å². The molecule has 0 bridgehead atoms. The van der Waals surface area contributed by atoms with Gasteiger partial charge < -0.3 is 14.4 Å². The molecule has 0 amide bonds. The van der Waals surface area contributed by atoms with Crippen LogP contribution in [0.4, 0.5) is 13.2 Å². The molecule has 0 atom stereocenters. The summed E-state index contributed by atoms with van der Waals surface area (Å²) in [6.07, 6.45) is -1.91. The van der Waals surface area contributed by atoms with E-state index < -0.39 is 22.9 Å². The predicted molar refractivity (Wildman–Crippen MR) is 112 cm³/mol. The summed E-state index contributed by atoms with van der Waals surface area (Å²) >= 11 is 0. The summed E-state index contributed by atoms with van der Waals surface area (Å²) in [5, 5.41) is 0. The Morgan fingerprint density at radius 2 is 1.84 bits per heavy atom. The third kappa shape index (κ3) is 3.91. The van der Waals surface area contributed by atoms with Crippen LogP contribution in [-0.2, 0) is 12.8 Å². The van der Waals surface area contributed by atoms with E-state index in [2.05, 4.69) is 9.97 Å². The van der Waals surface area contributed by atoms with Gasteiger partial charge in [-0.2, -0.15) is 13.2 Å². The molecule has 2 heterocycles. The number of nitrogens with zero attached hydrogens (tertiary/aromatic N) is 3. The molecule has 0 saturated carbocycles. The van der Waals surface area contributed by atoms with Gasteiger partial charge in [0.05, 0.1) is 16.8 Å². The number of nitrogens with one attached hydrogen (secondary N) is 1. The zero-order valence-corrected chi connectivity index (χ0v) is 17.2. The molecule has 166 valence electrons. The number of imidazole rings is 1. The monoisotopic (exact) mass is 444 g/mol. The Balaban J connectivity index is 1.95. The van der Waals surface area contributed by atoms with Crippen LogP contribution in [0.1, 0.15) is 36.7 Å². The number of alkyl halides is 3. The topological polar surface area (TPSA) is 81.9 Å². The van der Waals surface area contributed by atoms with Gasteiger partial charge in [-0.05, 0) is 17.7 Å². The van der Waals surface area contributed by atoms with Crippen molar-refractivity contribution < 1.29 is 18.0 Å². The van der Waals surface area contributed by atoms with Crippen molar-refractivity contribution in [2.75, 3.05) is 0 Å². The zero-order chi connectivity index (χ0) is 23.0. The van der Waals surface area contributed by atoms with Crippen molar-refractivity contribution in [3.8, 4) is 5.69 Å². The molecule has 7 nitrogen and oxygen atoms in total. The summed E-state index contributed by atoms with van der Waals surface area (Å²) in [5.41, 5.74) is -2.82. The van der Waals surface area contributed by atoms with Gasteiger partial charge in [0.1, 0.15) is 17.9 Å². The average molecular weight is 444 g/mol. The molecular formula is C22H19F3N4O3. The van der Waals surface area contributed by atoms with Gasteiger partial charge in [0.15, 0.2) is 0 Å². The minimum absolute atomic E-state index is 0.0223. The minimum Gasteiger partial charge on any atom is -0.405 e. The number of aromatic nitrogens is 4. The number of aromatic amines is 1. The second-order valence-corrected chi connectivity index (χ2v) is 7.51. The van der Waals surface area contributed by atoms with Crippen molar-refractivity contribution in [3.63, 3.8) is 0 Å². The summed E-state index contributed by atoms with van der Waals surface area (Å²) in [7, 11) is 0. The molecule has 0 spiro atoms. The minimum atomic E-state index is -4.74. The van der Waals surface area contributed by atoms with Crippen molar-refractivity contribution in [2.24, 2.45) is 0 Å². The average Bonchev–Trinajstić information content (AvgIpc) is 3.23. The van der Waals surface area contributed by atoms with Crippen molar-refractivity contribution >= 4 is 11.0 Å². The van der Waals surface area contributed by atoms with Crippen LogP contribution in [0.3, 0.4) is 0 Å². The molecule has 0 aliphatic carbocycles. The fourth-order valence-electron chi connectivity index (χ4n) is 3.44. The largest absolute Gasteiger partial charge is 0.418 e. The summed E-state index contributed by atoms with van der Waals surface area (Å²) < 4.78 is 44.0. The molecule has 0 fully saturated rings. The van der Waals surface area contributed by atoms with Gasteiger partial charge in [0.25, 0.3) is 0 Å². The summed E-state index contributed by atoms with van der Waals surface area (Å²) in [6.45, 7) is 3.51. The molecule has 0 aliphatic heterocycles. The number of halogens is 3. The third-order valence-electron chi connectivity index (χ3n) is 4.91. The highest BCUT2D eigenvalue weighted by atomic mass is 19.4. The maximum atomic E-state index is 14.0. The van der Waals surface area contributed by atoms with Gasteiger partial charge in [-0.15, -0.1) is 4.73 Å². The van der Waals surface area contributed by atoms with Crippen molar-refractivity contribution in [2.45, 2.75) is 32.5 Å². The number of rotatable bonds is 5. The SMILES string of the molecule is CC(C)c1nccn1-c1cc2[nH]c(=O)c(=O)n(OCc3ccccc3)c2cc1C(F)(F)F. The highest BCUT2D eigenvalue weighted by molar-refractivity contribution is 5.79. The van der Waals surface area contributed by atoms with Crippen molar-refractivity contribution in [1.29, 1.82) is 0 Å². The normalized spacial score (nSPS) is 11.9. The quantitative estimate of drug-likeness (QED) is 0.477. The molecule has 0 unspecified atom stereocenters. The van der Waals surface area contributed by atoms with Crippen LogP contribution in [0.15, 0.2) is 64.4 Å². The first-order chi connectivity index (χ1) is 15.2. The number of hydrogen-bond acceptors (Lipinski definition) is 4. The first-order valence-corrected chi connectivity index (χ1v) is 9.78. The Morgan fingerprint density at radius 3 is 2.50 bits per heavy atom. The molecule has 4 rings (SSSR count). The van der Waals surface area contributed by atoms with Gasteiger partial charge in [-0.1, -0.05) is 44.2 Å². The lowest BCUT2D eigenvalue weighted by Gasteiger charge is -2.19. The van der Waals surface area contributed by atoms with Gasteiger partial charge in [0.2, 0.25) is 0 Å². The lowest BCUT2D eigenvalue weighted by Crippen LogP contribution is -2.39. The van der Waals surface area contributed by atoms with Crippen LogP contribution >= 0.6 is 0 Å². The van der Waals surface area contributed by atoms with E-state index in [1.54, 1.807) is 30.3 Å². The van der Waals surface area contributed by atoms with E-state index in [0.717, 1.165) is 6.07 Å². The highest BCUT2D eigenvalue weighted by Gasteiger charge is 2.35. The standard InChI is InChI=1S/C22H19F3N4O3/c1-13(2)19-26-8-9-28(19)17-11-16-18(10-15(17)22(23,24)25)29(21(31)20(30)27-16)32-12-14-6-4-3-5-7-14/h3-11,13H,12H2,1-2H3,(H,27,30). The Kier molecular flexibility index (Phi) is 5.37. The lowest BCUT2D eigenvalue weighted by atomic mass is 10.1. The van der Waals surface area contributed by atoms with Crippen molar-refractivity contribution in [3.05, 3.63) is 92.5 Å².